The van der Waals surface area contributed by atoms with Crippen molar-refractivity contribution in [3.05, 3.63) is 34.9 Å². The first kappa shape index (κ1) is 16.1. The summed E-state index contributed by atoms with van der Waals surface area (Å²) in [6, 6.07) is 5.30. The van der Waals surface area contributed by atoms with Crippen molar-refractivity contribution in [2.45, 2.75) is 37.5 Å². The van der Waals surface area contributed by atoms with Crippen LogP contribution in [0.5, 0.6) is 0 Å². The Morgan fingerprint density at radius 3 is 2.57 bits per heavy atom. The molecule has 1 aromatic rings. The molecule has 3 atom stereocenters. The first-order chi connectivity index (χ1) is 11.0. The van der Waals surface area contributed by atoms with Crippen LogP contribution >= 0.6 is 11.6 Å². The number of hydrogen-bond donors (Lipinski definition) is 1. The molecule has 0 saturated carbocycles. The van der Waals surface area contributed by atoms with E-state index in [1.807, 2.05) is 0 Å². The minimum Gasteiger partial charge on any atom is -0.465 e. The maximum Gasteiger partial charge on any atom is 0.407 e. The molecule has 2 saturated heterocycles. The largest absolute Gasteiger partial charge is 0.465 e. The van der Waals surface area contributed by atoms with Crippen LogP contribution in [0.2, 0.25) is 5.02 Å². The molecule has 7 heteroatoms. The highest BCUT2D eigenvalue weighted by Crippen LogP contribution is 2.36. The third-order valence-electron chi connectivity index (χ3n) is 4.59. The molecule has 124 valence electrons. The smallest absolute Gasteiger partial charge is 0.407 e. The van der Waals surface area contributed by atoms with E-state index in [1.165, 1.54) is 0 Å². The fraction of sp³-hybridized carbons (Fsp3) is 0.500. The van der Waals surface area contributed by atoms with Crippen molar-refractivity contribution in [2.24, 2.45) is 0 Å². The molecule has 23 heavy (non-hydrogen) atoms. The molecule has 5 nitrogen and oxygen atoms in total. The van der Waals surface area contributed by atoms with Crippen molar-refractivity contribution >= 4 is 23.6 Å². The van der Waals surface area contributed by atoms with Gasteiger partial charge in [0.25, 0.3) is 0 Å². The molecule has 3 rings (SSSR count). The highest BCUT2D eigenvalue weighted by molar-refractivity contribution is 6.30. The predicted octanol–water partition coefficient (Wildman–Crippen LogP) is 3.09. The third kappa shape index (κ3) is 3.13. The minimum absolute atomic E-state index is 0.0162. The monoisotopic (exact) mass is 340 g/mol. The fourth-order valence-corrected chi connectivity index (χ4v) is 3.65. The lowest BCUT2D eigenvalue weighted by atomic mass is 9.90. The maximum atomic E-state index is 14.8. The van der Waals surface area contributed by atoms with E-state index in [1.54, 1.807) is 29.2 Å². The summed E-state index contributed by atoms with van der Waals surface area (Å²) in [6.45, 7) is 0.712. The number of halogens is 2. The molecule has 1 unspecified atom stereocenters. The van der Waals surface area contributed by atoms with Crippen LogP contribution in [0.25, 0.3) is 0 Å². The molecule has 0 radical (unpaired) electrons. The lowest BCUT2D eigenvalue weighted by Gasteiger charge is -2.43. The van der Waals surface area contributed by atoms with Crippen LogP contribution in [0.3, 0.4) is 0 Å². The second-order valence-corrected chi connectivity index (χ2v) is 6.46. The van der Waals surface area contributed by atoms with Crippen molar-refractivity contribution in [2.75, 3.05) is 13.1 Å². The van der Waals surface area contributed by atoms with Crippen LogP contribution in [-0.2, 0) is 4.79 Å². The van der Waals surface area contributed by atoms with E-state index >= 15 is 0 Å². The van der Waals surface area contributed by atoms with Gasteiger partial charge in [-0.15, -0.1) is 0 Å². The maximum absolute atomic E-state index is 14.8. The number of rotatable bonds is 2. The second-order valence-electron chi connectivity index (χ2n) is 6.03. The number of alkyl halides is 1. The Kier molecular flexibility index (Phi) is 4.43. The van der Waals surface area contributed by atoms with Gasteiger partial charge in [-0.25, -0.2) is 9.18 Å². The van der Waals surface area contributed by atoms with Gasteiger partial charge in [0.2, 0.25) is 5.91 Å². The molecule has 0 aliphatic carbocycles. The van der Waals surface area contributed by atoms with E-state index in [0.29, 0.717) is 23.6 Å². The minimum atomic E-state index is -1.36. The summed E-state index contributed by atoms with van der Waals surface area (Å²) in [6.07, 6.45) is -1.17. The van der Waals surface area contributed by atoms with Crippen LogP contribution in [0.4, 0.5) is 9.18 Å². The van der Waals surface area contributed by atoms with Crippen LogP contribution in [0.1, 0.15) is 30.9 Å². The van der Waals surface area contributed by atoms with E-state index < -0.39 is 18.3 Å². The van der Waals surface area contributed by atoms with Gasteiger partial charge in [0.05, 0.1) is 12.1 Å². The molecule has 2 heterocycles. The van der Waals surface area contributed by atoms with Crippen LogP contribution in [0, 0.1) is 0 Å². The summed E-state index contributed by atoms with van der Waals surface area (Å²) in [5, 5.41) is 10.0. The predicted molar refractivity (Wildman–Crippen MR) is 83.2 cm³/mol. The van der Waals surface area contributed by atoms with Gasteiger partial charge in [0.1, 0.15) is 6.17 Å². The lowest BCUT2D eigenvalue weighted by Crippen LogP contribution is -2.54. The molecule has 0 bridgehead atoms. The van der Waals surface area contributed by atoms with E-state index in [0.717, 1.165) is 11.3 Å². The number of carbonyl (C=O) groups is 2. The highest BCUT2D eigenvalue weighted by Gasteiger charge is 2.43. The SMILES string of the molecule is O=C(O)N1C[C@H](N2CCCC2=O)C[C@H](F)C1c1ccc(Cl)cc1. The first-order valence-electron chi connectivity index (χ1n) is 7.66. The van der Waals surface area contributed by atoms with Gasteiger partial charge in [-0.3, -0.25) is 9.69 Å². The topological polar surface area (TPSA) is 60.9 Å². The van der Waals surface area contributed by atoms with Crippen LogP contribution < -0.4 is 0 Å². The van der Waals surface area contributed by atoms with Crippen molar-refractivity contribution in [3.63, 3.8) is 0 Å². The van der Waals surface area contributed by atoms with Gasteiger partial charge in [-0.05, 0) is 24.1 Å². The molecule has 0 aromatic heterocycles. The Balaban J connectivity index is 1.85. The van der Waals surface area contributed by atoms with Gasteiger partial charge in [-0.2, -0.15) is 0 Å². The zero-order valence-electron chi connectivity index (χ0n) is 12.5. The Labute approximate surface area is 138 Å². The molecule has 2 amide bonds. The number of carboxylic acid groups (broad SMARTS) is 1. The quantitative estimate of drug-likeness (QED) is 0.900. The number of carbonyl (C=O) groups excluding carboxylic acids is 1. The van der Waals surface area contributed by atoms with E-state index in [9.17, 15) is 19.1 Å². The zero-order chi connectivity index (χ0) is 16.6. The number of nitrogens with zero attached hydrogens (tertiary/aromatic N) is 2. The summed E-state index contributed by atoms with van der Waals surface area (Å²) in [5.74, 6) is -0.0162. The molecule has 0 spiro atoms. The van der Waals surface area contributed by atoms with Crippen molar-refractivity contribution in [3.8, 4) is 0 Å². The molecule has 1 aromatic carbocycles. The number of hydrogen-bond acceptors (Lipinski definition) is 2. The first-order valence-corrected chi connectivity index (χ1v) is 8.03. The highest BCUT2D eigenvalue weighted by atomic mass is 35.5. The summed E-state index contributed by atoms with van der Waals surface area (Å²) in [5.41, 5.74) is 0.579. The van der Waals surface area contributed by atoms with E-state index in [2.05, 4.69) is 0 Å². The molecule has 1 N–H and O–H groups in total. The number of piperidine rings is 1. The number of benzene rings is 1. The molecule has 2 fully saturated rings. The third-order valence-corrected chi connectivity index (χ3v) is 4.84. The molecule has 2 aliphatic heterocycles. The summed E-state index contributed by atoms with van der Waals surface area (Å²) >= 11 is 5.84. The summed E-state index contributed by atoms with van der Waals surface area (Å²) in [7, 11) is 0. The average Bonchev–Trinajstić information content (AvgIpc) is 2.93. The molecular formula is C16H18ClFN2O3. The zero-order valence-corrected chi connectivity index (χ0v) is 13.2. The summed E-state index contributed by atoms with van der Waals surface area (Å²) in [4.78, 5) is 26.2. The van der Waals surface area contributed by atoms with Crippen LogP contribution in [-0.4, -0.2) is 52.2 Å². The Bertz CT molecular complexity index is 610. The molecule has 2 aliphatic rings. The van der Waals surface area contributed by atoms with Crippen molar-refractivity contribution in [1.29, 1.82) is 0 Å². The average molecular weight is 341 g/mol. The summed E-state index contributed by atoms with van der Waals surface area (Å²) < 4.78 is 14.8. The number of likely N-dealkylation sites (tertiary alicyclic amines) is 2. The molecular weight excluding hydrogens is 323 g/mol. The standard InChI is InChI=1S/C16H18ClFN2O3/c17-11-5-3-10(4-6-11)15-13(18)8-12(9-20(15)16(22)23)19-7-1-2-14(19)21/h3-6,12-13,15H,1-2,7-9H2,(H,22,23)/t12-,13+,15?/m1/s1. The van der Waals surface area contributed by atoms with E-state index in [-0.39, 0.29) is 24.9 Å². The lowest BCUT2D eigenvalue weighted by molar-refractivity contribution is -0.131. The van der Waals surface area contributed by atoms with Gasteiger partial charge >= 0.3 is 6.09 Å². The van der Waals surface area contributed by atoms with Gasteiger partial charge in [0, 0.05) is 31.0 Å². The Morgan fingerprint density at radius 2 is 2.00 bits per heavy atom. The fourth-order valence-electron chi connectivity index (χ4n) is 3.53. The Morgan fingerprint density at radius 1 is 1.30 bits per heavy atom. The number of amides is 2. The van der Waals surface area contributed by atoms with Gasteiger partial charge < -0.3 is 10.0 Å². The van der Waals surface area contributed by atoms with Crippen LogP contribution in [0.15, 0.2) is 24.3 Å². The Hall–Kier alpha value is -1.82. The van der Waals surface area contributed by atoms with Crippen molar-refractivity contribution in [1.82, 2.24) is 9.80 Å². The van der Waals surface area contributed by atoms with Crippen molar-refractivity contribution < 1.29 is 19.1 Å². The van der Waals surface area contributed by atoms with E-state index in [4.69, 9.17) is 11.6 Å². The van der Waals surface area contributed by atoms with Gasteiger partial charge in [0.15, 0.2) is 0 Å². The second kappa shape index (κ2) is 6.35. The normalized spacial score (nSPS) is 28.3. The van der Waals surface area contributed by atoms with Gasteiger partial charge in [-0.1, -0.05) is 23.7 Å².